The number of Topliss-reactive ketones (excluding diaryl/α,β-unsaturated/α-hetero) is 1. The Hall–Kier alpha value is -3.67. The second-order valence-corrected chi connectivity index (χ2v) is 8.66. The van der Waals surface area contributed by atoms with Crippen molar-refractivity contribution in [3.8, 4) is 0 Å². The molecule has 2 atom stereocenters. The molecule has 1 aliphatic heterocycles. The van der Waals surface area contributed by atoms with Gasteiger partial charge in [-0.25, -0.2) is 8.78 Å². The Morgan fingerprint density at radius 1 is 0.788 bits per heavy atom. The minimum Gasteiger partial charge on any atom is -0.300 e. The van der Waals surface area contributed by atoms with E-state index >= 15 is 0 Å². The summed E-state index contributed by atoms with van der Waals surface area (Å²) in [5.74, 6) is -2.07. The Morgan fingerprint density at radius 3 is 1.76 bits per heavy atom. The third-order valence-corrected chi connectivity index (χ3v) is 6.90. The van der Waals surface area contributed by atoms with Gasteiger partial charge >= 0.3 is 0 Å². The van der Waals surface area contributed by atoms with Crippen LogP contribution in [0, 0.1) is 17.0 Å². The molecule has 4 nitrogen and oxygen atoms in total. The molecule has 2 aliphatic rings. The van der Waals surface area contributed by atoms with Crippen molar-refractivity contribution < 1.29 is 18.4 Å². The van der Waals surface area contributed by atoms with Crippen molar-refractivity contribution in [3.63, 3.8) is 0 Å². The lowest BCUT2D eigenvalue weighted by molar-refractivity contribution is -0.131. The second-order valence-electron chi connectivity index (χ2n) is 8.66. The number of para-hydroxylation sites is 1. The Balaban J connectivity index is 1.72. The van der Waals surface area contributed by atoms with Gasteiger partial charge in [0.15, 0.2) is 0 Å². The average molecular weight is 444 g/mol. The van der Waals surface area contributed by atoms with Crippen LogP contribution in [-0.2, 0) is 9.59 Å². The molecule has 1 spiro atoms. The van der Waals surface area contributed by atoms with Crippen molar-refractivity contribution in [2.75, 3.05) is 5.01 Å². The Kier molecular flexibility index (Phi) is 5.16. The van der Waals surface area contributed by atoms with E-state index in [-0.39, 0.29) is 36.2 Å². The molecule has 1 fully saturated rings. The van der Waals surface area contributed by atoms with E-state index in [0.29, 0.717) is 22.5 Å². The van der Waals surface area contributed by atoms with E-state index in [1.807, 2.05) is 37.3 Å². The molecule has 166 valence electrons. The highest BCUT2D eigenvalue weighted by atomic mass is 19.1. The Bertz CT molecular complexity index is 1180. The minimum absolute atomic E-state index is 0.00281. The number of hydrogen-bond donors (Lipinski definition) is 0. The number of halogens is 2. The summed E-state index contributed by atoms with van der Waals surface area (Å²) in [6.45, 7) is 1.81. The van der Waals surface area contributed by atoms with Gasteiger partial charge in [0.05, 0.1) is 11.4 Å². The van der Waals surface area contributed by atoms with E-state index < -0.39 is 17.3 Å². The van der Waals surface area contributed by atoms with Crippen LogP contribution in [0.15, 0.2) is 84.0 Å². The number of anilines is 1. The van der Waals surface area contributed by atoms with Crippen LogP contribution in [0.4, 0.5) is 14.5 Å². The first-order valence-corrected chi connectivity index (χ1v) is 10.9. The number of benzene rings is 3. The summed E-state index contributed by atoms with van der Waals surface area (Å²) < 4.78 is 27.4. The molecule has 3 aromatic carbocycles. The molecule has 0 aromatic heterocycles. The maximum Gasteiger partial charge on any atom is 0.260 e. The number of carbonyl (C=O) groups excluding carboxylic acids is 2. The van der Waals surface area contributed by atoms with Crippen molar-refractivity contribution in [1.29, 1.82) is 0 Å². The van der Waals surface area contributed by atoms with Crippen molar-refractivity contribution in [2.24, 2.45) is 10.5 Å². The van der Waals surface area contributed by atoms with Gasteiger partial charge in [0.1, 0.15) is 22.8 Å². The maximum atomic E-state index is 14.3. The fourth-order valence-corrected chi connectivity index (χ4v) is 5.41. The Labute approximate surface area is 190 Å². The van der Waals surface area contributed by atoms with Gasteiger partial charge in [-0.2, -0.15) is 10.1 Å². The third kappa shape index (κ3) is 3.37. The highest BCUT2D eigenvalue weighted by Gasteiger charge is 2.62. The largest absolute Gasteiger partial charge is 0.300 e. The minimum atomic E-state index is -1.15. The number of hydrazone groups is 1. The van der Waals surface area contributed by atoms with Gasteiger partial charge in [-0.15, -0.1) is 0 Å². The third-order valence-electron chi connectivity index (χ3n) is 6.90. The second kappa shape index (κ2) is 8.03. The van der Waals surface area contributed by atoms with E-state index in [4.69, 9.17) is 0 Å². The number of amides is 1. The molecule has 33 heavy (non-hydrogen) atoms. The van der Waals surface area contributed by atoms with Crippen molar-refractivity contribution >= 4 is 23.1 Å². The topological polar surface area (TPSA) is 49.7 Å². The number of rotatable bonds is 3. The van der Waals surface area contributed by atoms with Crippen LogP contribution in [0.25, 0.3) is 0 Å². The first-order chi connectivity index (χ1) is 15.9. The van der Waals surface area contributed by atoms with Gasteiger partial charge < -0.3 is 0 Å². The number of hydrogen-bond acceptors (Lipinski definition) is 3. The fraction of sp³-hybridized carbons (Fsp3) is 0.222. The zero-order chi connectivity index (χ0) is 23.2. The van der Waals surface area contributed by atoms with Gasteiger partial charge in [0, 0.05) is 24.7 Å². The predicted molar refractivity (Wildman–Crippen MR) is 122 cm³/mol. The molecule has 0 N–H and O–H groups in total. The van der Waals surface area contributed by atoms with Gasteiger partial charge in [-0.05, 0) is 54.4 Å². The van der Waals surface area contributed by atoms with Crippen LogP contribution < -0.4 is 5.01 Å². The SMILES string of the molecule is CC1=NN(c2ccccc2)C(=O)C12[C@H](c1ccc(F)cc1)CC(=O)C[C@H]2c1ccc(F)cc1. The normalized spacial score (nSPS) is 22.0. The molecule has 0 saturated heterocycles. The summed E-state index contributed by atoms with van der Waals surface area (Å²) in [5.41, 5.74) is 1.47. The number of nitrogens with zero attached hydrogens (tertiary/aromatic N) is 2. The monoisotopic (exact) mass is 444 g/mol. The molecule has 6 heteroatoms. The summed E-state index contributed by atoms with van der Waals surface area (Å²) in [4.78, 5) is 27.2. The van der Waals surface area contributed by atoms with E-state index in [1.165, 1.54) is 29.3 Å². The quantitative estimate of drug-likeness (QED) is 0.528. The summed E-state index contributed by atoms with van der Waals surface area (Å²) >= 11 is 0. The highest BCUT2D eigenvalue weighted by Crippen LogP contribution is 2.58. The summed E-state index contributed by atoms with van der Waals surface area (Å²) in [5, 5.41) is 6.07. The fourth-order valence-electron chi connectivity index (χ4n) is 5.41. The zero-order valence-electron chi connectivity index (χ0n) is 18.0. The molecular weight excluding hydrogens is 422 g/mol. The first-order valence-electron chi connectivity index (χ1n) is 10.9. The van der Waals surface area contributed by atoms with Crippen LogP contribution >= 0.6 is 0 Å². The van der Waals surface area contributed by atoms with Gasteiger partial charge in [-0.3, -0.25) is 9.59 Å². The lowest BCUT2D eigenvalue weighted by Gasteiger charge is -2.45. The van der Waals surface area contributed by atoms with Crippen molar-refractivity contribution in [1.82, 2.24) is 0 Å². The Morgan fingerprint density at radius 2 is 1.27 bits per heavy atom. The van der Waals surface area contributed by atoms with E-state index in [1.54, 1.807) is 24.3 Å². The van der Waals surface area contributed by atoms with Gasteiger partial charge in [-0.1, -0.05) is 42.5 Å². The van der Waals surface area contributed by atoms with Crippen LogP contribution in [0.3, 0.4) is 0 Å². The molecule has 0 bridgehead atoms. The van der Waals surface area contributed by atoms with Crippen LogP contribution in [0.5, 0.6) is 0 Å². The lowest BCUT2D eigenvalue weighted by Crippen LogP contribution is -2.52. The molecular formula is C27H22F2N2O2. The molecule has 1 saturated carbocycles. The summed E-state index contributed by atoms with van der Waals surface area (Å²) in [7, 11) is 0. The summed E-state index contributed by atoms with van der Waals surface area (Å²) in [6.07, 6.45) is 0.287. The van der Waals surface area contributed by atoms with E-state index in [9.17, 15) is 18.4 Å². The van der Waals surface area contributed by atoms with Crippen LogP contribution in [-0.4, -0.2) is 17.4 Å². The molecule has 1 aliphatic carbocycles. The zero-order valence-corrected chi connectivity index (χ0v) is 18.0. The number of ketones is 1. The standard InChI is InChI=1S/C27H22F2N2O2/c1-17-27(26(33)31(30-17)22-5-3-2-4-6-22)24(18-7-11-20(28)12-8-18)15-23(32)16-25(27)19-9-13-21(29)14-10-19/h2-14,24-25H,15-16H2,1H3/t24-,25-/m0/s1. The van der Waals surface area contributed by atoms with Gasteiger partial charge in [0.2, 0.25) is 0 Å². The van der Waals surface area contributed by atoms with Gasteiger partial charge in [0.25, 0.3) is 5.91 Å². The van der Waals surface area contributed by atoms with E-state index in [0.717, 1.165) is 0 Å². The van der Waals surface area contributed by atoms with Crippen molar-refractivity contribution in [2.45, 2.75) is 31.6 Å². The summed E-state index contributed by atoms with van der Waals surface area (Å²) in [6, 6.07) is 21.0. The molecule has 3 aromatic rings. The predicted octanol–water partition coefficient (Wildman–Crippen LogP) is 5.60. The highest BCUT2D eigenvalue weighted by molar-refractivity contribution is 6.21. The molecule has 0 unspecified atom stereocenters. The molecule has 1 heterocycles. The smallest absolute Gasteiger partial charge is 0.260 e. The first kappa shape index (κ1) is 21.2. The number of carbonyl (C=O) groups is 2. The van der Waals surface area contributed by atoms with Crippen LogP contribution in [0.1, 0.15) is 42.7 Å². The lowest BCUT2D eigenvalue weighted by atomic mass is 9.54. The molecule has 0 radical (unpaired) electrons. The maximum absolute atomic E-state index is 14.3. The van der Waals surface area contributed by atoms with Crippen molar-refractivity contribution in [3.05, 3.63) is 102 Å². The average Bonchev–Trinajstić information content (AvgIpc) is 3.08. The molecule has 1 amide bonds. The van der Waals surface area contributed by atoms with E-state index in [2.05, 4.69) is 5.10 Å². The molecule has 5 rings (SSSR count). The van der Waals surface area contributed by atoms with Crippen LogP contribution in [0.2, 0.25) is 0 Å².